The zero-order valence-electron chi connectivity index (χ0n) is 11.6. The summed E-state index contributed by atoms with van der Waals surface area (Å²) in [5.41, 5.74) is -0.502. The number of urea groups is 1. The highest BCUT2D eigenvalue weighted by Crippen LogP contribution is 2.36. The summed E-state index contributed by atoms with van der Waals surface area (Å²) in [6.45, 7) is 5.72. The summed E-state index contributed by atoms with van der Waals surface area (Å²) < 4.78 is 0.0785. The molecule has 2 amide bonds. The minimum atomic E-state index is -0.838. The van der Waals surface area contributed by atoms with Crippen LogP contribution in [0.25, 0.3) is 0 Å². The molecule has 0 aromatic heterocycles. The van der Waals surface area contributed by atoms with E-state index in [1.807, 2.05) is 16.7 Å². The number of amides is 2. The molecule has 0 spiro atoms. The standard InChI is InChI=1S/C13H22N2O3S/c1-12(2)9-15(6-7-19-12)11(18)14-13(4-3-5-13)8-10(16)17/h3-9H2,1-2H3,(H,14,18)(H,16,17). The Labute approximate surface area is 118 Å². The lowest BCUT2D eigenvalue weighted by atomic mass is 9.74. The van der Waals surface area contributed by atoms with Gasteiger partial charge in [-0.05, 0) is 33.1 Å². The van der Waals surface area contributed by atoms with Gasteiger partial charge in [-0.1, -0.05) is 0 Å². The fourth-order valence-electron chi connectivity index (χ4n) is 2.73. The van der Waals surface area contributed by atoms with Gasteiger partial charge in [-0.15, -0.1) is 0 Å². The van der Waals surface area contributed by atoms with Crippen molar-refractivity contribution in [3.05, 3.63) is 0 Å². The summed E-state index contributed by atoms with van der Waals surface area (Å²) in [5.74, 6) is 0.0985. The topological polar surface area (TPSA) is 69.6 Å². The maximum atomic E-state index is 12.3. The molecular weight excluding hydrogens is 264 g/mol. The number of carbonyl (C=O) groups is 2. The number of nitrogens with zero attached hydrogens (tertiary/aromatic N) is 1. The van der Waals surface area contributed by atoms with Crippen LogP contribution in [0.3, 0.4) is 0 Å². The van der Waals surface area contributed by atoms with Crippen molar-refractivity contribution in [3.63, 3.8) is 0 Å². The molecule has 0 aromatic carbocycles. The number of carbonyl (C=O) groups excluding carboxylic acids is 1. The summed E-state index contributed by atoms with van der Waals surface area (Å²) in [5, 5.41) is 11.9. The Morgan fingerprint density at radius 2 is 2.05 bits per heavy atom. The molecule has 19 heavy (non-hydrogen) atoms. The second kappa shape index (κ2) is 5.23. The molecule has 0 aromatic rings. The van der Waals surface area contributed by atoms with E-state index in [1.165, 1.54) is 0 Å². The average Bonchev–Trinajstić information content (AvgIpc) is 2.23. The number of nitrogens with one attached hydrogen (secondary N) is 1. The van der Waals surface area contributed by atoms with Crippen LogP contribution in [0.4, 0.5) is 4.79 Å². The Hall–Kier alpha value is -0.910. The lowest BCUT2D eigenvalue weighted by Crippen LogP contribution is -2.60. The van der Waals surface area contributed by atoms with Gasteiger partial charge in [0.25, 0.3) is 0 Å². The lowest BCUT2D eigenvalue weighted by molar-refractivity contribution is -0.139. The van der Waals surface area contributed by atoms with E-state index in [9.17, 15) is 9.59 Å². The second-order valence-corrected chi connectivity index (χ2v) is 7.97. The zero-order chi connectivity index (χ0) is 14.1. The Morgan fingerprint density at radius 1 is 1.37 bits per heavy atom. The van der Waals surface area contributed by atoms with Crippen LogP contribution in [0.1, 0.15) is 39.5 Å². The van der Waals surface area contributed by atoms with Gasteiger partial charge in [-0.2, -0.15) is 11.8 Å². The highest BCUT2D eigenvalue weighted by atomic mass is 32.2. The number of hydrogen-bond donors (Lipinski definition) is 2. The zero-order valence-corrected chi connectivity index (χ0v) is 12.4. The fourth-order valence-corrected chi connectivity index (χ4v) is 3.85. The van der Waals surface area contributed by atoms with Gasteiger partial charge in [-0.3, -0.25) is 4.79 Å². The van der Waals surface area contributed by atoms with Crippen LogP contribution in [0.2, 0.25) is 0 Å². The number of thioether (sulfide) groups is 1. The van der Waals surface area contributed by atoms with Gasteiger partial charge in [0, 0.05) is 23.6 Å². The number of hydrogen-bond acceptors (Lipinski definition) is 3. The van der Waals surface area contributed by atoms with Crippen LogP contribution in [0.15, 0.2) is 0 Å². The Morgan fingerprint density at radius 3 is 2.53 bits per heavy atom. The van der Waals surface area contributed by atoms with Gasteiger partial charge < -0.3 is 15.3 Å². The molecular formula is C13H22N2O3S. The molecule has 1 saturated heterocycles. The molecule has 0 atom stereocenters. The average molecular weight is 286 g/mol. The molecule has 2 N–H and O–H groups in total. The number of carboxylic acids is 1. The van der Waals surface area contributed by atoms with Crippen LogP contribution < -0.4 is 5.32 Å². The lowest BCUT2D eigenvalue weighted by Gasteiger charge is -2.44. The van der Waals surface area contributed by atoms with Crippen LogP contribution in [-0.2, 0) is 4.79 Å². The Bertz CT molecular complexity index is 380. The van der Waals surface area contributed by atoms with Gasteiger partial charge in [0.05, 0.1) is 12.0 Å². The third kappa shape index (κ3) is 3.55. The van der Waals surface area contributed by atoms with E-state index in [4.69, 9.17) is 5.11 Å². The predicted octanol–water partition coefficient (Wildman–Crippen LogP) is 1.92. The van der Waals surface area contributed by atoms with Crippen LogP contribution in [-0.4, -0.2) is 51.1 Å². The molecule has 2 fully saturated rings. The third-order valence-electron chi connectivity index (χ3n) is 3.89. The summed E-state index contributed by atoms with van der Waals surface area (Å²) in [4.78, 5) is 25.0. The van der Waals surface area contributed by atoms with Crippen LogP contribution in [0.5, 0.6) is 0 Å². The van der Waals surface area contributed by atoms with Gasteiger partial charge in [-0.25, -0.2) is 4.79 Å². The molecule has 1 aliphatic carbocycles. The maximum absolute atomic E-state index is 12.3. The van der Waals surface area contributed by atoms with Crippen molar-refractivity contribution in [1.82, 2.24) is 10.2 Å². The van der Waals surface area contributed by atoms with Gasteiger partial charge in [0.1, 0.15) is 0 Å². The van der Waals surface area contributed by atoms with Crippen molar-refractivity contribution in [1.29, 1.82) is 0 Å². The number of aliphatic carboxylic acids is 1. The predicted molar refractivity (Wildman–Crippen MR) is 75.5 cm³/mol. The minimum absolute atomic E-state index is 0.0325. The van der Waals surface area contributed by atoms with Gasteiger partial charge in [0.15, 0.2) is 0 Å². The van der Waals surface area contributed by atoms with Crippen molar-refractivity contribution in [3.8, 4) is 0 Å². The Balaban J connectivity index is 1.94. The van der Waals surface area contributed by atoms with E-state index in [1.54, 1.807) is 0 Å². The molecule has 2 rings (SSSR count). The van der Waals surface area contributed by atoms with Gasteiger partial charge in [0.2, 0.25) is 0 Å². The first-order valence-corrected chi connectivity index (χ1v) is 7.73. The largest absolute Gasteiger partial charge is 0.481 e. The van der Waals surface area contributed by atoms with E-state index in [-0.39, 0.29) is 17.2 Å². The smallest absolute Gasteiger partial charge is 0.317 e. The first kappa shape index (κ1) is 14.5. The van der Waals surface area contributed by atoms with Crippen molar-refractivity contribution in [2.75, 3.05) is 18.8 Å². The quantitative estimate of drug-likeness (QED) is 0.831. The van der Waals surface area contributed by atoms with Gasteiger partial charge >= 0.3 is 12.0 Å². The molecule has 1 heterocycles. The summed E-state index contributed by atoms with van der Waals surface area (Å²) >= 11 is 1.87. The Kier molecular flexibility index (Phi) is 3.99. The van der Waals surface area contributed by atoms with E-state index < -0.39 is 11.5 Å². The molecule has 0 radical (unpaired) electrons. The first-order chi connectivity index (χ1) is 8.82. The number of rotatable bonds is 3. The molecule has 1 aliphatic heterocycles. The van der Waals surface area contributed by atoms with Crippen molar-refractivity contribution in [2.24, 2.45) is 0 Å². The molecule has 0 bridgehead atoms. The van der Waals surface area contributed by atoms with E-state index in [0.717, 1.165) is 31.6 Å². The molecule has 6 heteroatoms. The summed E-state index contributed by atoms with van der Waals surface area (Å²) in [6, 6.07) is -0.102. The SMILES string of the molecule is CC1(C)CN(C(=O)NC2(CC(=O)O)CCC2)CCS1. The molecule has 0 unspecified atom stereocenters. The maximum Gasteiger partial charge on any atom is 0.317 e. The monoisotopic (exact) mass is 286 g/mol. The van der Waals surface area contributed by atoms with Crippen LogP contribution in [0, 0.1) is 0 Å². The van der Waals surface area contributed by atoms with Crippen molar-refractivity contribution in [2.45, 2.75) is 49.8 Å². The normalized spacial score (nSPS) is 24.4. The minimum Gasteiger partial charge on any atom is -0.481 e. The third-order valence-corrected chi connectivity index (χ3v) is 5.18. The molecule has 1 saturated carbocycles. The van der Waals surface area contributed by atoms with E-state index in [2.05, 4.69) is 19.2 Å². The fraction of sp³-hybridized carbons (Fsp3) is 0.846. The summed E-state index contributed by atoms with van der Waals surface area (Å²) in [6.07, 6.45) is 2.58. The van der Waals surface area contributed by atoms with Crippen molar-refractivity contribution < 1.29 is 14.7 Å². The summed E-state index contributed by atoms with van der Waals surface area (Å²) in [7, 11) is 0. The van der Waals surface area contributed by atoms with Crippen LogP contribution >= 0.6 is 11.8 Å². The highest BCUT2D eigenvalue weighted by molar-refractivity contribution is 8.00. The first-order valence-electron chi connectivity index (χ1n) is 6.75. The molecule has 108 valence electrons. The number of carboxylic acid groups (broad SMARTS) is 1. The molecule has 5 nitrogen and oxygen atoms in total. The molecule has 2 aliphatic rings. The van der Waals surface area contributed by atoms with Crippen molar-refractivity contribution >= 4 is 23.8 Å². The second-order valence-electron chi connectivity index (χ2n) is 6.16. The van der Waals surface area contributed by atoms with E-state index in [0.29, 0.717) is 6.54 Å². The highest BCUT2D eigenvalue weighted by Gasteiger charge is 2.42. The van der Waals surface area contributed by atoms with E-state index >= 15 is 0 Å².